The smallest absolute Gasteiger partial charge is 0.249 e. The predicted molar refractivity (Wildman–Crippen MR) is 69.3 cm³/mol. The molecule has 0 aromatic rings. The van der Waals surface area contributed by atoms with Gasteiger partial charge in [0.2, 0.25) is 5.91 Å². The van der Waals surface area contributed by atoms with Gasteiger partial charge in [-0.2, -0.15) is 11.8 Å². The number of hydrogen-bond acceptors (Lipinski definition) is 7. The second-order valence-corrected chi connectivity index (χ2v) is 5.98. The van der Waals surface area contributed by atoms with Gasteiger partial charge < -0.3 is 31.3 Å². The zero-order valence-corrected chi connectivity index (χ0v) is 11.2. The quantitative estimate of drug-likeness (QED) is 0.316. The molecule has 5 unspecified atom stereocenters. The molecule has 0 spiro atoms. The van der Waals surface area contributed by atoms with Crippen molar-refractivity contribution in [3.63, 3.8) is 0 Å². The molecule has 8 heteroatoms. The highest BCUT2D eigenvalue weighted by molar-refractivity contribution is 7.99. The van der Waals surface area contributed by atoms with Gasteiger partial charge in [-0.05, 0) is 30.3 Å². The minimum Gasteiger partial charge on any atom is -0.390 e. The van der Waals surface area contributed by atoms with Crippen LogP contribution in [0.1, 0.15) is 12.8 Å². The first-order valence-corrected chi connectivity index (χ1v) is 7.29. The molecule has 1 aliphatic heterocycles. The van der Waals surface area contributed by atoms with E-state index in [1.807, 2.05) is 0 Å². The molecule has 7 N–H and O–H groups in total. The van der Waals surface area contributed by atoms with Crippen molar-refractivity contribution in [3.05, 3.63) is 0 Å². The van der Waals surface area contributed by atoms with E-state index in [4.69, 9.17) is 5.73 Å². The molecule has 0 bridgehead atoms. The van der Waals surface area contributed by atoms with Gasteiger partial charge in [0.05, 0.1) is 6.10 Å². The summed E-state index contributed by atoms with van der Waals surface area (Å²) in [7, 11) is 0. The molecule has 1 rings (SSSR count). The van der Waals surface area contributed by atoms with E-state index >= 15 is 0 Å². The number of aliphatic hydroxyl groups is 5. The van der Waals surface area contributed by atoms with E-state index in [2.05, 4.69) is 0 Å². The van der Waals surface area contributed by atoms with Crippen LogP contribution in [-0.4, -0.2) is 73.5 Å². The van der Waals surface area contributed by atoms with Crippen molar-refractivity contribution in [2.45, 2.75) is 43.4 Å². The summed E-state index contributed by atoms with van der Waals surface area (Å²) >= 11 is 1.75. The number of nitrogens with two attached hydrogens (primary N) is 1. The molecule has 1 fully saturated rings. The summed E-state index contributed by atoms with van der Waals surface area (Å²) < 4.78 is 0. The first kappa shape index (κ1) is 16.7. The Morgan fingerprint density at radius 3 is 2.00 bits per heavy atom. The summed E-state index contributed by atoms with van der Waals surface area (Å²) in [5.41, 5.74) is 4.79. The Hall–Kier alpha value is -0.380. The Morgan fingerprint density at radius 1 is 1.00 bits per heavy atom. The maximum absolute atomic E-state index is 10.7. The Bertz CT molecular complexity index is 299. The minimum absolute atomic E-state index is 0.177. The average Bonchev–Trinajstić information content (AvgIpc) is 2.44. The highest BCUT2D eigenvalue weighted by Gasteiger charge is 2.39. The number of thioether (sulfide) groups is 1. The van der Waals surface area contributed by atoms with E-state index in [0.717, 1.165) is 11.5 Å². The lowest BCUT2D eigenvalue weighted by atomic mass is 9.88. The molecular weight excluding hydrogens is 274 g/mol. The summed E-state index contributed by atoms with van der Waals surface area (Å²) in [5.74, 6) is 0.333. The van der Waals surface area contributed by atoms with Gasteiger partial charge in [-0.15, -0.1) is 0 Å². The Kier molecular flexibility index (Phi) is 6.51. The average molecular weight is 295 g/mol. The maximum Gasteiger partial charge on any atom is 0.249 e. The van der Waals surface area contributed by atoms with Crippen LogP contribution in [0.2, 0.25) is 0 Å². The number of rotatable bonds is 6. The molecule has 19 heavy (non-hydrogen) atoms. The van der Waals surface area contributed by atoms with Crippen LogP contribution in [-0.2, 0) is 4.79 Å². The maximum atomic E-state index is 10.7. The lowest BCUT2D eigenvalue weighted by Crippen LogP contribution is -2.54. The third-order valence-electron chi connectivity index (χ3n) is 3.41. The summed E-state index contributed by atoms with van der Waals surface area (Å²) in [6.07, 6.45) is -7.22. The fourth-order valence-electron chi connectivity index (χ4n) is 2.10. The summed E-state index contributed by atoms with van der Waals surface area (Å²) in [6.45, 7) is 0. The third kappa shape index (κ3) is 4.30. The van der Waals surface area contributed by atoms with Crippen LogP contribution in [0.5, 0.6) is 0 Å². The van der Waals surface area contributed by atoms with Gasteiger partial charge in [0.25, 0.3) is 0 Å². The van der Waals surface area contributed by atoms with Crippen LogP contribution in [0, 0.1) is 5.92 Å². The van der Waals surface area contributed by atoms with E-state index in [9.17, 15) is 30.3 Å². The summed E-state index contributed by atoms with van der Waals surface area (Å²) in [6, 6.07) is 0. The van der Waals surface area contributed by atoms with E-state index < -0.39 is 36.4 Å². The molecule has 0 radical (unpaired) electrons. The summed E-state index contributed by atoms with van der Waals surface area (Å²) in [5, 5.41) is 48.2. The van der Waals surface area contributed by atoms with E-state index in [-0.39, 0.29) is 5.92 Å². The molecule has 5 atom stereocenters. The van der Waals surface area contributed by atoms with E-state index in [1.54, 1.807) is 11.8 Å². The minimum atomic E-state index is -1.99. The number of aliphatic hydroxyl groups excluding tert-OH is 5. The fourth-order valence-corrected chi connectivity index (χ4v) is 3.24. The van der Waals surface area contributed by atoms with E-state index in [0.29, 0.717) is 12.8 Å². The van der Waals surface area contributed by atoms with Crippen molar-refractivity contribution in [1.29, 1.82) is 0 Å². The van der Waals surface area contributed by atoms with Crippen LogP contribution in [0.4, 0.5) is 0 Å². The molecule has 1 aliphatic rings. The molecule has 0 aromatic carbocycles. The predicted octanol–water partition coefficient (Wildman–Crippen LogP) is -2.58. The van der Waals surface area contributed by atoms with Gasteiger partial charge in [-0.1, -0.05) is 0 Å². The van der Waals surface area contributed by atoms with Crippen molar-refractivity contribution in [1.82, 2.24) is 0 Å². The number of amides is 1. The molecule has 0 aliphatic carbocycles. The molecular formula is C11H21NO6S. The van der Waals surface area contributed by atoms with Gasteiger partial charge in [0.15, 0.2) is 6.10 Å². The van der Waals surface area contributed by atoms with Gasteiger partial charge in [-0.3, -0.25) is 4.79 Å². The molecule has 0 saturated carbocycles. The van der Waals surface area contributed by atoms with Crippen molar-refractivity contribution in [2.75, 3.05) is 11.5 Å². The lowest BCUT2D eigenvalue weighted by molar-refractivity contribution is -0.156. The van der Waals surface area contributed by atoms with Crippen LogP contribution >= 0.6 is 11.8 Å². The first-order chi connectivity index (χ1) is 8.86. The highest BCUT2D eigenvalue weighted by atomic mass is 32.2. The molecule has 7 nitrogen and oxygen atoms in total. The second-order valence-electron chi connectivity index (χ2n) is 4.76. The van der Waals surface area contributed by atoms with Crippen LogP contribution in [0.3, 0.4) is 0 Å². The first-order valence-electron chi connectivity index (χ1n) is 6.13. The Balaban J connectivity index is 2.59. The Morgan fingerprint density at radius 2 is 1.53 bits per heavy atom. The lowest BCUT2D eigenvalue weighted by Gasteiger charge is -2.33. The molecule has 112 valence electrons. The van der Waals surface area contributed by atoms with E-state index in [1.165, 1.54) is 0 Å². The summed E-state index contributed by atoms with van der Waals surface area (Å²) in [4.78, 5) is 10.7. The number of carbonyl (C=O) groups excluding carboxylic acids is 1. The number of carbonyl (C=O) groups is 1. The number of primary amides is 1. The standard InChI is InChI=1S/C11H21NO6S/c12-11(18)10(17)9(16)8(15)7(14)6(13)5-1-3-19-4-2-5/h5-10,13-17H,1-4H2,(H2,12,18). The highest BCUT2D eigenvalue weighted by Crippen LogP contribution is 2.28. The monoisotopic (exact) mass is 295 g/mol. The molecule has 1 amide bonds. The van der Waals surface area contributed by atoms with Crippen LogP contribution in [0.25, 0.3) is 0 Å². The third-order valence-corrected chi connectivity index (χ3v) is 4.46. The van der Waals surface area contributed by atoms with Crippen molar-refractivity contribution < 1.29 is 30.3 Å². The van der Waals surface area contributed by atoms with Crippen molar-refractivity contribution in [3.8, 4) is 0 Å². The fraction of sp³-hybridized carbons (Fsp3) is 0.909. The van der Waals surface area contributed by atoms with Crippen molar-refractivity contribution in [2.24, 2.45) is 11.7 Å². The largest absolute Gasteiger partial charge is 0.390 e. The zero-order valence-electron chi connectivity index (χ0n) is 10.4. The zero-order chi connectivity index (χ0) is 14.6. The molecule has 1 heterocycles. The van der Waals surface area contributed by atoms with Gasteiger partial charge in [0.1, 0.15) is 18.3 Å². The van der Waals surface area contributed by atoms with Crippen LogP contribution < -0.4 is 5.73 Å². The van der Waals surface area contributed by atoms with Crippen LogP contribution in [0.15, 0.2) is 0 Å². The molecule has 1 saturated heterocycles. The topological polar surface area (TPSA) is 144 Å². The second kappa shape index (κ2) is 7.41. The molecule has 0 aromatic heterocycles. The Labute approximate surface area is 115 Å². The van der Waals surface area contributed by atoms with Gasteiger partial charge in [-0.25, -0.2) is 0 Å². The van der Waals surface area contributed by atoms with Gasteiger partial charge in [0, 0.05) is 0 Å². The SMILES string of the molecule is NC(=O)C(O)C(O)C(O)C(O)C(O)C1CCSCC1. The number of hydrogen-bond donors (Lipinski definition) is 6. The normalized spacial score (nSPS) is 25.3. The van der Waals surface area contributed by atoms with Gasteiger partial charge >= 0.3 is 0 Å². The van der Waals surface area contributed by atoms with Crippen molar-refractivity contribution >= 4 is 17.7 Å².